The van der Waals surface area contributed by atoms with Gasteiger partial charge >= 0.3 is 0 Å². The van der Waals surface area contributed by atoms with Crippen LogP contribution < -0.4 is 5.32 Å². The molecule has 1 aliphatic rings. The van der Waals surface area contributed by atoms with Crippen LogP contribution in [0.3, 0.4) is 0 Å². The molecule has 1 aromatic carbocycles. The summed E-state index contributed by atoms with van der Waals surface area (Å²) in [7, 11) is 0. The van der Waals surface area contributed by atoms with Crippen LogP contribution >= 0.6 is 34.5 Å². The molecule has 128 valence electrons. The summed E-state index contributed by atoms with van der Waals surface area (Å²) in [6.07, 6.45) is 1.62. The molecule has 3 heterocycles. The van der Waals surface area contributed by atoms with E-state index in [-0.39, 0.29) is 28.6 Å². The Morgan fingerprint density at radius 1 is 1.40 bits per heavy atom. The maximum absolute atomic E-state index is 13.1. The Morgan fingerprint density at radius 2 is 2.24 bits per heavy atom. The molecule has 0 fully saturated rings. The summed E-state index contributed by atoms with van der Waals surface area (Å²) in [5.74, 6) is -0.0150. The molecule has 1 amide bonds. The number of imidazole rings is 1. The van der Waals surface area contributed by atoms with Gasteiger partial charge in [0.05, 0.1) is 40.1 Å². The van der Waals surface area contributed by atoms with Crippen LogP contribution in [0.5, 0.6) is 0 Å². The first-order valence-electron chi connectivity index (χ1n) is 7.37. The molecule has 3 aromatic rings. The third kappa shape index (κ3) is 2.63. The Labute approximate surface area is 156 Å². The standard InChI is InChI=1S/C16H11Cl2FN4OS/c17-3-9-6-25-16(22-9)14-11-5-20-15(24)12-10(23(11)7-21-14)2-1-8(4-19)13(12)18/h1-2,6-7H,3-5H2,(H,20,24). The van der Waals surface area contributed by atoms with Crippen LogP contribution in [0.15, 0.2) is 23.8 Å². The average molecular weight is 397 g/mol. The molecule has 9 heteroatoms. The van der Waals surface area contributed by atoms with Gasteiger partial charge in [0, 0.05) is 10.9 Å². The van der Waals surface area contributed by atoms with E-state index in [1.54, 1.807) is 23.0 Å². The van der Waals surface area contributed by atoms with Gasteiger partial charge in [-0.15, -0.1) is 22.9 Å². The molecule has 1 N–H and O–H groups in total. The number of halogens is 3. The molecule has 0 radical (unpaired) electrons. The van der Waals surface area contributed by atoms with E-state index in [0.29, 0.717) is 17.3 Å². The van der Waals surface area contributed by atoms with Crippen molar-refractivity contribution in [3.63, 3.8) is 0 Å². The first kappa shape index (κ1) is 16.5. The van der Waals surface area contributed by atoms with Crippen LogP contribution in [-0.2, 0) is 19.1 Å². The van der Waals surface area contributed by atoms with E-state index in [1.165, 1.54) is 11.3 Å². The van der Waals surface area contributed by atoms with Crippen molar-refractivity contribution in [1.29, 1.82) is 0 Å². The van der Waals surface area contributed by atoms with Crippen molar-refractivity contribution in [2.45, 2.75) is 19.1 Å². The number of benzene rings is 1. The highest BCUT2D eigenvalue weighted by atomic mass is 35.5. The molecular weight excluding hydrogens is 386 g/mol. The van der Waals surface area contributed by atoms with Gasteiger partial charge in [-0.05, 0) is 6.07 Å². The first-order valence-corrected chi connectivity index (χ1v) is 9.16. The van der Waals surface area contributed by atoms with E-state index >= 15 is 0 Å². The van der Waals surface area contributed by atoms with Gasteiger partial charge in [0.1, 0.15) is 23.7 Å². The largest absolute Gasteiger partial charge is 0.346 e. The minimum Gasteiger partial charge on any atom is -0.346 e. The second-order valence-electron chi connectivity index (χ2n) is 5.44. The van der Waals surface area contributed by atoms with Gasteiger partial charge in [0.2, 0.25) is 0 Å². The minimum absolute atomic E-state index is 0.124. The molecule has 0 atom stereocenters. The van der Waals surface area contributed by atoms with E-state index in [4.69, 9.17) is 23.2 Å². The quantitative estimate of drug-likeness (QED) is 0.677. The lowest BCUT2D eigenvalue weighted by molar-refractivity contribution is 0.0953. The number of aromatic nitrogens is 3. The zero-order valence-electron chi connectivity index (χ0n) is 12.7. The summed E-state index contributed by atoms with van der Waals surface area (Å²) in [4.78, 5) is 21.4. The second-order valence-corrected chi connectivity index (χ2v) is 6.94. The Morgan fingerprint density at radius 3 is 2.96 bits per heavy atom. The molecule has 4 rings (SSSR count). The summed E-state index contributed by atoms with van der Waals surface area (Å²) in [5, 5.41) is 5.54. The topological polar surface area (TPSA) is 59.8 Å². The number of carbonyl (C=O) groups is 1. The van der Waals surface area contributed by atoms with Crippen LogP contribution in [0, 0.1) is 0 Å². The normalized spacial score (nSPS) is 13.2. The van der Waals surface area contributed by atoms with Crippen LogP contribution in [0.4, 0.5) is 4.39 Å². The zero-order chi connectivity index (χ0) is 17.6. The summed E-state index contributed by atoms with van der Waals surface area (Å²) in [6.45, 7) is -0.471. The van der Waals surface area contributed by atoms with E-state index in [1.807, 2.05) is 5.38 Å². The molecule has 0 unspecified atom stereocenters. The molecule has 0 aliphatic carbocycles. The van der Waals surface area contributed by atoms with Gasteiger partial charge in [-0.25, -0.2) is 14.4 Å². The molecule has 0 saturated carbocycles. The minimum atomic E-state index is -0.734. The Kier molecular flexibility index (Phi) is 4.23. The SMILES string of the molecule is O=C1NCc2c(-c3nc(CCl)cs3)ncn2-c2ccc(CF)c(Cl)c21. The van der Waals surface area contributed by atoms with Gasteiger partial charge in [-0.1, -0.05) is 17.7 Å². The smallest absolute Gasteiger partial charge is 0.255 e. The Balaban J connectivity index is 1.90. The fourth-order valence-corrected chi connectivity index (χ4v) is 4.15. The number of amides is 1. The van der Waals surface area contributed by atoms with Gasteiger partial charge in [0.25, 0.3) is 5.91 Å². The highest BCUT2D eigenvalue weighted by Gasteiger charge is 2.27. The number of nitrogens with zero attached hydrogens (tertiary/aromatic N) is 3. The summed E-state index contributed by atoms with van der Waals surface area (Å²) < 4.78 is 14.9. The lowest BCUT2D eigenvalue weighted by Gasteiger charge is -2.11. The fourth-order valence-electron chi connectivity index (χ4n) is 2.79. The molecule has 0 saturated heterocycles. The van der Waals surface area contributed by atoms with Gasteiger partial charge in [0.15, 0.2) is 0 Å². The molecule has 5 nitrogen and oxygen atoms in total. The number of nitrogens with one attached hydrogen (secondary N) is 1. The number of hydrogen-bond acceptors (Lipinski definition) is 4. The monoisotopic (exact) mass is 396 g/mol. The van der Waals surface area contributed by atoms with E-state index in [0.717, 1.165) is 16.4 Å². The lowest BCUT2D eigenvalue weighted by atomic mass is 10.1. The number of carbonyl (C=O) groups excluding carboxylic acids is 1. The number of alkyl halides is 2. The predicted molar refractivity (Wildman–Crippen MR) is 95.2 cm³/mol. The van der Waals surface area contributed by atoms with Crippen molar-refractivity contribution in [2.75, 3.05) is 0 Å². The number of rotatable bonds is 3. The molecule has 25 heavy (non-hydrogen) atoms. The fraction of sp³-hybridized carbons (Fsp3) is 0.188. The van der Waals surface area contributed by atoms with Crippen LogP contribution in [0.1, 0.15) is 27.3 Å². The molecule has 1 aliphatic heterocycles. The average Bonchev–Trinajstić information content (AvgIpc) is 3.22. The predicted octanol–water partition coefficient (Wildman–Crippen LogP) is 4.10. The maximum Gasteiger partial charge on any atom is 0.255 e. The molecule has 0 spiro atoms. The van der Waals surface area contributed by atoms with E-state index in [2.05, 4.69) is 15.3 Å². The third-order valence-corrected chi connectivity index (χ3v) is 5.61. The van der Waals surface area contributed by atoms with Gasteiger partial charge in [-0.3, -0.25) is 9.36 Å². The zero-order valence-corrected chi connectivity index (χ0v) is 15.1. The number of thiazole rings is 1. The van der Waals surface area contributed by atoms with Crippen molar-refractivity contribution in [2.24, 2.45) is 0 Å². The molecule has 0 bridgehead atoms. The Hall–Kier alpha value is -1.96. The third-order valence-electron chi connectivity index (χ3n) is 4.00. The second kappa shape index (κ2) is 6.40. The number of fused-ring (bicyclic) bond motifs is 3. The summed E-state index contributed by atoms with van der Waals surface area (Å²) in [6, 6.07) is 3.26. The van der Waals surface area contributed by atoms with Crippen molar-refractivity contribution in [3.8, 4) is 16.4 Å². The van der Waals surface area contributed by atoms with Crippen LogP contribution in [0.2, 0.25) is 5.02 Å². The summed E-state index contributed by atoms with van der Waals surface area (Å²) >= 11 is 13.5. The molecule has 2 aromatic heterocycles. The van der Waals surface area contributed by atoms with Gasteiger partial charge < -0.3 is 5.32 Å². The Bertz CT molecular complexity index is 985. The van der Waals surface area contributed by atoms with Gasteiger partial charge in [-0.2, -0.15) is 0 Å². The summed E-state index contributed by atoms with van der Waals surface area (Å²) in [5.41, 5.74) is 3.34. The van der Waals surface area contributed by atoms with Crippen molar-refractivity contribution in [3.05, 3.63) is 51.4 Å². The van der Waals surface area contributed by atoms with Crippen molar-refractivity contribution < 1.29 is 9.18 Å². The van der Waals surface area contributed by atoms with Crippen LogP contribution in [-0.4, -0.2) is 20.4 Å². The first-order chi connectivity index (χ1) is 12.1. The highest BCUT2D eigenvalue weighted by Crippen LogP contribution is 2.34. The van der Waals surface area contributed by atoms with Crippen molar-refractivity contribution >= 4 is 40.4 Å². The van der Waals surface area contributed by atoms with E-state index < -0.39 is 6.67 Å². The van der Waals surface area contributed by atoms with E-state index in [9.17, 15) is 9.18 Å². The lowest BCUT2D eigenvalue weighted by Crippen LogP contribution is -2.22. The highest BCUT2D eigenvalue weighted by molar-refractivity contribution is 7.13. The van der Waals surface area contributed by atoms with Crippen molar-refractivity contribution in [1.82, 2.24) is 19.9 Å². The molecular formula is C16H11Cl2FN4OS. The maximum atomic E-state index is 13.1. The van der Waals surface area contributed by atoms with Crippen LogP contribution in [0.25, 0.3) is 16.4 Å². The number of hydrogen-bond donors (Lipinski definition) is 1.